The van der Waals surface area contributed by atoms with E-state index in [1.165, 1.54) is 23.1 Å². The predicted octanol–water partition coefficient (Wildman–Crippen LogP) is 2.84. The molecule has 2 aromatic rings. The van der Waals surface area contributed by atoms with Crippen LogP contribution in [0, 0.1) is 13.8 Å². The monoisotopic (exact) mass is 339 g/mol. The summed E-state index contributed by atoms with van der Waals surface area (Å²) in [5, 5.41) is 0.868. The third kappa shape index (κ3) is 3.20. The van der Waals surface area contributed by atoms with Crippen molar-refractivity contribution in [2.45, 2.75) is 57.5 Å². The van der Waals surface area contributed by atoms with E-state index < -0.39 is 11.2 Å². The number of thiophene rings is 1. The van der Waals surface area contributed by atoms with Gasteiger partial charge in [-0.25, -0.2) is 4.98 Å². The highest BCUT2D eigenvalue weighted by atomic mass is 32.2. The maximum Gasteiger partial charge on any atom is 0.263 e. The molecule has 2 aromatic heterocycles. The second-order valence-electron chi connectivity index (χ2n) is 5.33. The summed E-state index contributed by atoms with van der Waals surface area (Å²) >= 11 is 2.78. The van der Waals surface area contributed by atoms with Gasteiger partial charge in [0.2, 0.25) is 5.91 Å². The summed E-state index contributed by atoms with van der Waals surface area (Å²) in [6.45, 7) is 8.38. The summed E-state index contributed by atoms with van der Waals surface area (Å²) in [4.78, 5) is 30.6. The minimum absolute atomic E-state index is 0.0144. The van der Waals surface area contributed by atoms with Crippen molar-refractivity contribution in [2.24, 2.45) is 5.73 Å². The number of nitrogens with zero attached hydrogens (tertiary/aromatic N) is 2. The van der Waals surface area contributed by atoms with Crippen LogP contribution in [-0.4, -0.2) is 20.7 Å². The Labute approximate surface area is 137 Å². The van der Waals surface area contributed by atoms with Crippen molar-refractivity contribution in [3.63, 3.8) is 0 Å². The first-order valence-electron chi connectivity index (χ1n) is 7.33. The van der Waals surface area contributed by atoms with E-state index in [1.807, 2.05) is 13.8 Å². The highest BCUT2D eigenvalue weighted by Crippen LogP contribution is 2.29. The fourth-order valence-electron chi connectivity index (χ4n) is 2.13. The van der Waals surface area contributed by atoms with Crippen LogP contribution < -0.4 is 11.3 Å². The van der Waals surface area contributed by atoms with Crippen molar-refractivity contribution in [3.8, 4) is 0 Å². The molecular formula is C15H21N3O2S2. The van der Waals surface area contributed by atoms with E-state index in [9.17, 15) is 9.59 Å². The van der Waals surface area contributed by atoms with Crippen LogP contribution in [0.15, 0.2) is 9.95 Å². The van der Waals surface area contributed by atoms with Gasteiger partial charge in [-0.2, -0.15) is 0 Å². The largest absolute Gasteiger partial charge is 0.369 e. The minimum atomic E-state index is -0.417. The van der Waals surface area contributed by atoms with Gasteiger partial charge in [-0.3, -0.25) is 14.2 Å². The fraction of sp³-hybridized carbons (Fsp3) is 0.533. The standard InChI is InChI=1S/C15H21N3O2S2/c1-5-6-7-18-14(20)11-8(2)9(3)21-13(11)17-15(18)22-10(4)12(16)19/h10H,5-7H2,1-4H3,(H2,16,19)/t10-/m0/s1. The zero-order valence-electron chi connectivity index (χ0n) is 13.3. The summed E-state index contributed by atoms with van der Waals surface area (Å²) in [5.41, 5.74) is 6.33. The molecule has 0 unspecified atom stereocenters. The van der Waals surface area contributed by atoms with Gasteiger partial charge < -0.3 is 5.73 Å². The van der Waals surface area contributed by atoms with Gasteiger partial charge >= 0.3 is 0 Å². The average molecular weight is 339 g/mol. The molecule has 0 aliphatic carbocycles. The highest BCUT2D eigenvalue weighted by Gasteiger charge is 2.19. The summed E-state index contributed by atoms with van der Waals surface area (Å²) in [6.07, 6.45) is 1.88. The number of primary amides is 1. The molecule has 0 aliphatic rings. The van der Waals surface area contributed by atoms with Crippen molar-refractivity contribution in [2.75, 3.05) is 0 Å². The first-order valence-corrected chi connectivity index (χ1v) is 9.02. The van der Waals surface area contributed by atoms with Gasteiger partial charge in [0.05, 0.1) is 10.6 Å². The Kier molecular flexibility index (Phi) is 5.28. The Morgan fingerprint density at radius 2 is 2.14 bits per heavy atom. The molecule has 0 fully saturated rings. The molecule has 1 amide bonds. The van der Waals surface area contributed by atoms with Crippen LogP contribution in [0.1, 0.15) is 37.1 Å². The quantitative estimate of drug-likeness (QED) is 0.648. The van der Waals surface area contributed by atoms with E-state index in [4.69, 9.17) is 5.73 Å². The van der Waals surface area contributed by atoms with Crippen molar-refractivity contribution in [3.05, 3.63) is 20.8 Å². The van der Waals surface area contributed by atoms with Crippen LogP contribution in [0.25, 0.3) is 10.2 Å². The normalized spacial score (nSPS) is 12.7. The third-order valence-corrected chi connectivity index (χ3v) is 5.88. The molecule has 0 saturated heterocycles. The topological polar surface area (TPSA) is 78.0 Å². The van der Waals surface area contributed by atoms with Gasteiger partial charge in [-0.15, -0.1) is 11.3 Å². The lowest BCUT2D eigenvalue weighted by Gasteiger charge is -2.13. The van der Waals surface area contributed by atoms with Crippen LogP contribution in [0.4, 0.5) is 0 Å². The number of nitrogens with two attached hydrogens (primary N) is 1. The number of carbonyl (C=O) groups is 1. The Bertz CT molecular complexity index is 764. The van der Waals surface area contributed by atoms with E-state index in [-0.39, 0.29) is 5.56 Å². The zero-order valence-corrected chi connectivity index (χ0v) is 14.9. The average Bonchev–Trinajstić information content (AvgIpc) is 2.73. The smallest absolute Gasteiger partial charge is 0.263 e. The van der Waals surface area contributed by atoms with Crippen molar-refractivity contribution in [1.29, 1.82) is 0 Å². The van der Waals surface area contributed by atoms with E-state index in [2.05, 4.69) is 11.9 Å². The lowest BCUT2D eigenvalue weighted by molar-refractivity contribution is -0.117. The molecule has 0 aliphatic heterocycles. The van der Waals surface area contributed by atoms with Crippen LogP contribution >= 0.6 is 23.1 Å². The molecular weight excluding hydrogens is 318 g/mol. The number of hydrogen-bond donors (Lipinski definition) is 1. The Hall–Kier alpha value is -1.34. The van der Waals surface area contributed by atoms with Gasteiger partial charge in [0.15, 0.2) is 5.16 Å². The van der Waals surface area contributed by atoms with Crippen molar-refractivity contribution < 1.29 is 4.79 Å². The van der Waals surface area contributed by atoms with Crippen LogP contribution in [-0.2, 0) is 11.3 Å². The number of thioether (sulfide) groups is 1. The minimum Gasteiger partial charge on any atom is -0.369 e. The molecule has 120 valence electrons. The highest BCUT2D eigenvalue weighted by molar-refractivity contribution is 8.00. The summed E-state index contributed by atoms with van der Waals surface area (Å²) in [6, 6.07) is 0. The molecule has 5 nitrogen and oxygen atoms in total. The summed E-state index contributed by atoms with van der Waals surface area (Å²) in [7, 11) is 0. The Morgan fingerprint density at radius 1 is 1.45 bits per heavy atom. The van der Waals surface area contributed by atoms with Crippen molar-refractivity contribution in [1.82, 2.24) is 9.55 Å². The van der Waals surface area contributed by atoms with E-state index in [0.717, 1.165) is 28.1 Å². The van der Waals surface area contributed by atoms with Gasteiger partial charge in [-0.05, 0) is 32.8 Å². The summed E-state index contributed by atoms with van der Waals surface area (Å²) in [5.74, 6) is -0.403. The molecule has 2 heterocycles. The molecule has 2 N–H and O–H groups in total. The number of amides is 1. The zero-order chi connectivity index (χ0) is 16.4. The van der Waals surface area contributed by atoms with Gasteiger partial charge in [0.1, 0.15) is 4.83 Å². The van der Waals surface area contributed by atoms with E-state index in [0.29, 0.717) is 17.1 Å². The number of aryl methyl sites for hydroxylation is 2. The van der Waals surface area contributed by atoms with Gasteiger partial charge in [0, 0.05) is 11.4 Å². The Balaban J connectivity index is 2.61. The molecule has 1 atom stereocenters. The predicted molar refractivity (Wildman–Crippen MR) is 92.8 cm³/mol. The second-order valence-corrected chi connectivity index (χ2v) is 7.84. The number of hydrogen-bond acceptors (Lipinski definition) is 5. The number of unbranched alkanes of at least 4 members (excludes halogenated alkanes) is 1. The first-order chi connectivity index (χ1) is 10.4. The van der Waals surface area contributed by atoms with Crippen LogP contribution in [0.2, 0.25) is 0 Å². The second kappa shape index (κ2) is 6.83. The lowest BCUT2D eigenvalue weighted by Crippen LogP contribution is -2.27. The van der Waals surface area contributed by atoms with E-state index in [1.54, 1.807) is 11.5 Å². The van der Waals surface area contributed by atoms with Crippen molar-refractivity contribution >= 4 is 39.2 Å². The van der Waals surface area contributed by atoms with Crippen LogP contribution in [0.3, 0.4) is 0 Å². The molecule has 0 radical (unpaired) electrons. The molecule has 22 heavy (non-hydrogen) atoms. The van der Waals surface area contributed by atoms with Crippen LogP contribution in [0.5, 0.6) is 0 Å². The number of aromatic nitrogens is 2. The molecule has 7 heteroatoms. The summed E-state index contributed by atoms with van der Waals surface area (Å²) < 4.78 is 1.69. The van der Waals surface area contributed by atoms with Gasteiger partial charge in [-0.1, -0.05) is 25.1 Å². The number of fused-ring (bicyclic) bond motifs is 1. The van der Waals surface area contributed by atoms with Gasteiger partial charge in [0.25, 0.3) is 5.56 Å². The lowest BCUT2D eigenvalue weighted by atomic mass is 10.2. The molecule has 0 aromatic carbocycles. The Morgan fingerprint density at radius 3 is 2.73 bits per heavy atom. The maximum absolute atomic E-state index is 12.8. The van der Waals surface area contributed by atoms with E-state index >= 15 is 0 Å². The molecule has 0 spiro atoms. The molecule has 0 saturated carbocycles. The number of carbonyl (C=O) groups excluding carboxylic acids is 1. The molecule has 2 rings (SSSR count). The molecule has 0 bridgehead atoms. The SMILES string of the molecule is CCCCn1c(S[C@@H](C)C(N)=O)nc2sc(C)c(C)c2c1=O. The maximum atomic E-state index is 12.8. The first kappa shape index (κ1) is 17.0. The number of rotatable bonds is 6. The fourth-order valence-corrected chi connectivity index (χ4v) is 4.08. The third-order valence-electron chi connectivity index (χ3n) is 3.67.